The van der Waals surface area contributed by atoms with Crippen LogP contribution in [0.5, 0.6) is 0 Å². The van der Waals surface area contributed by atoms with Crippen LogP contribution in [0.4, 0.5) is 5.69 Å². The molecule has 1 heterocycles. The summed E-state index contributed by atoms with van der Waals surface area (Å²) in [6, 6.07) is 11.3. The number of nitrogens with zero attached hydrogens (tertiary/aromatic N) is 1. The Morgan fingerprint density at radius 3 is 2.47 bits per heavy atom. The summed E-state index contributed by atoms with van der Waals surface area (Å²) in [4.78, 5) is 13.9. The number of carbonyl (C=O) groups is 1. The first-order valence-corrected chi connectivity index (χ1v) is 8.05. The van der Waals surface area contributed by atoms with Crippen molar-refractivity contribution in [2.75, 3.05) is 23.5 Å². The lowest BCUT2D eigenvalue weighted by atomic mass is 10.1. The van der Waals surface area contributed by atoms with Crippen molar-refractivity contribution >= 4 is 32.2 Å². The molecule has 0 saturated carbocycles. The first-order chi connectivity index (χ1) is 8.97. The van der Waals surface area contributed by atoms with E-state index in [9.17, 15) is 13.2 Å². The summed E-state index contributed by atoms with van der Waals surface area (Å²) < 4.78 is 22.5. The van der Waals surface area contributed by atoms with Crippen molar-refractivity contribution in [1.29, 1.82) is 0 Å². The summed E-state index contributed by atoms with van der Waals surface area (Å²) in [5.74, 6) is -0.140. The van der Waals surface area contributed by atoms with Crippen LogP contribution in [0.25, 0.3) is 10.8 Å². The molecule has 3 rings (SSSR count). The summed E-state index contributed by atoms with van der Waals surface area (Å²) in [7, 11) is -3.09. The molecule has 0 aliphatic carbocycles. The molecule has 19 heavy (non-hydrogen) atoms. The minimum Gasteiger partial charge on any atom is -0.307 e. The second kappa shape index (κ2) is 4.06. The summed E-state index contributed by atoms with van der Waals surface area (Å²) in [6.07, 6.45) is 1.18. The van der Waals surface area contributed by atoms with Crippen LogP contribution in [-0.4, -0.2) is 32.9 Å². The Balaban J connectivity index is 2.08. The molecule has 0 saturated heterocycles. The molecular weight excluding hydrogens is 262 g/mol. The molecule has 0 aromatic heterocycles. The average Bonchev–Trinajstić information content (AvgIpc) is 2.62. The number of hydrogen-bond donors (Lipinski definition) is 0. The van der Waals surface area contributed by atoms with Gasteiger partial charge in [-0.15, -0.1) is 0 Å². The smallest absolute Gasteiger partial charge is 0.259 e. The fourth-order valence-electron chi connectivity index (χ4n) is 2.46. The zero-order valence-corrected chi connectivity index (χ0v) is 11.3. The topological polar surface area (TPSA) is 54.5 Å². The van der Waals surface area contributed by atoms with Gasteiger partial charge >= 0.3 is 0 Å². The highest BCUT2D eigenvalue weighted by atomic mass is 32.2. The molecule has 0 atom stereocenters. The molecule has 2 aromatic carbocycles. The second-order valence-electron chi connectivity index (χ2n) is 4.77. The lowest BCUT2D eigenvalue weighted by molar-refractivity contribution is 0.0994. The van der Waals surface area contributed by atoms with Gasteiger partial charge in [-0.3, -0.25) is 4.79 Å². The normalized spacial score (nSPS) is 14.4. The van der Waals surface area contributed by atoms with Gasteiger partial charge in [0.1, 0.15) is 9.84 Å². The molecule has 5 heteroatoms. The second-order valence-corrected chi connectivity index (χ2v) is 7.03. The van der Waals surface area contributed by atoms with Crippen LogP contribution in [-0.2, 0) is 9.84 Å². The largest absolute Gasteiger partial charge is 0.307 e. The van der Waals surface area contributed by atoms with E-state index in [0.717, 1.165) is 16.5 Å². The minimum atomic E-state index is -3.09. The lowest BCUT2D eigenvalue weighted by Crippen LogP contribution is -2.31. The van der Waals surface area contributed by atoms with E-state index >= 15 is 0 Å². The Morgan fingerprint density at radius 1 is 1.11 bits per heavy atom. The molecule has 0 bridgehead atoms. The van der Waals surface area contributed by atoms with Gasteiger partial charge in [0.15, 0.2) is 0 Å². The van der Waals surface area contributed by atoms with Gasteiger partial charge in [-0.1, -0.05) is 24.3 Å². The quantitative estimate of drug-likeness (QED) is 0.859. The van der Waals surface area contributed by atoms with Crippen LogP contribution in [0.1, 0.15) is 10.4 Å². The summed E-state index contributed by atoms with van der Waals surface area (Å²) in [5.41, 5.74) is 1.46. The first-order valence-electron chi connectivity index (χ1n) is 5.99. The van der Waals surface area contributed by atoms with E-state index in [4.69, 9.17) is 0 Å². The highest BCUT2D eigenvalue weighted by Gasteiger charge is 2.29. The van der Waals surface area contributed by atoms with Crippen molar-refractivity contribution in [3.05, 3.63) is 42.0 Å². The van der Waals surface area contributed by atoms with E-state index in [1.807, 2.05) is 30.3 Å². The number of sulfone groups is 1. The van der Waals surface area contributed by atoms with Crippen LogP contribution in [0.2, 0.25) is 0 Å². The maximum absolute atomic E-state index is 12.3. The Kier molecular flexibility index (Phi) is 2.60. The van der Waals surface area contributed by atoms with E-state index < -0.39 is 9.84 Å². The van der Waals surface area contributed by atoms with Crippen molar-refractivity contribution in [2.24, 2.45) is 0 Å². The maximum Gasteiger partial charge on any atom is 0.259 e. The SMILES string of the molecule is CS(=O)(=O)CCN1C(=O)c2cccc3cccc1c23. The highest BCUT2D eigenvalue weighted by molar-refractivity contribution is 7.90. The Hall–Kier alpha value is -1.88. The standard InChI is InChI=1S/C14H13NO3S/c1-19(17,18)9-8-15-12-7-3-5-10-4-2-6-11(13(10)12)14(15)16/h2-7H,8-9H2,1H3. The van der Waals surface area contributed by atoms with Gasteiger partial charge < -0.3 is 4.90 Å². The summed E-state index contributed by atoms with van der Waals surface area (Å²) in [6.45, 7) is 0.200. The number of hydrogen-bond acceptors (Lipinski definition) is 3. The zero-order chi connectivity index (χ0) is 13.6. The molecule has 0 spiro atoms. The third-order valence-electron chi connectivity index (χ3n) is 3.33. The highest BCUT2D eigenvalue weighted by Crippen LogP contribution is 2.36. The Morgan fingerprint density at radius 2 is 1.79 bits per heavy atom. The number of carbonyl (C=O) groups excluding carboxylic acids is 1. The van der Waals surface area contributed by atoms with Crippen LogP contribution < -0.4 is 4.90 Å². The lowest BCUT2D eigenvalue weighted by Gasteiger charge is -2.16. The van der Waals surface area contributed by atoms with Crippen LogP contribution in [0.15, 0.2) is 36.4 Å². The number of benzene rings is 2. The molecule has 1 aliphatic heterocycles. The van der Waals surface area contributed by atoms with E-state index in [1.165, 1.54) is 6.26 Å². The molecular formula is C14H13NO3S. The minimum absolute atomic E-state index is 0.0247. The van der Waals surface area contributed by atoms with Crippen molar-refractivity contribution in [1.82, 2.24) is 0 Å². The maximum atomic E-state index is 12.3. The fourth-order valence-corrected chi connectivity index (χ4v) is 2.97. The van der Waals surface area contributed by atoms with Gasteiger partial charge in [0.2, 0.25) is 0 Å². The van der Waals surface area contributed by atoms with E-state index in [-0.39, 0.29) is 18.2 Å². The summed E-state index contributed by atoms with van der Waals surface area (Å²) in [5, 5.41) is 1.92. The predicted octanol–water partition coefficient (Wildman–Crippen LogP) is 1.84. The molecule has 1 amide bonds. The van der Waals surface area contributed by atoms with Crippen molar-refractivity contribution in [3.8, 4) is 0 Å². The third-order valence-corrected chi connectivity index (χ3v) is 4.26. The van der Waals surface area contributed by atoms with Crippen molar-refractivity contribution in [3.63, 3.8) is 0 Å². The number of anilines is 1. The van der Waals surface area contributed by atoms with Crippen LogP contribution in [0, 0.1) is 0 Å². The van der Waals surface area contributed by atoms with Gasteiger partial charge in [0, 0.05) is 23.8 Å². The number of rotatable bonds is 3. The first kappa shape index (κ1) is 12.2. The van der Waals surface area contributed by atoms with E-state index in [1.54, 1.807) is 11.0 Å². The molecule has 4 nitrogen and oxygen atoms in total. The van der Waals surface area contributed by atoms with Gasteiger partial charge in [0.05, 0.1) is 11.4 Å². The predicted molar refractivity (Wildman–Crippen MR) is 75.3 cm³/mol. The van der Waals surface area contributed by atoms with E-state index in [2.05, 4.69) is 0 Å². The van der Waals surface area contributed by atoms with Gasteiger partial charge in [0.25, 0.3) is 5.91 Å². The molecule has 0 radical (unpaired) electrons. The molecule has 0 N–H and O–H groups in total. The monoisotopic (exact) mass is 275 g/mol. The molecule has 98 valence electrons. The molecule has 2 aromatic rings. The fraction of sp³-hybridized carbons (Fsp3) is 0.214. The summed E-state index contributed by atoms with van der Waals surface area (Å²) >= 11 is 0. The Bertz CT molecular complexity index is 775. The Labute approximate surface area is 111 Å². The molecule has 0 fully saturated rings. The molecule has 1 aliphatic rings. The van der Waals surface area contributed by atoms with Crippen molar-refractivity contribution in [2.45, 2.75) is 0 Å². The van der Waals surface area contributed by atoms with Gasteiger partial charge in [-0.05, 0) is 17.5 Å². The number of amides is 1. The van der Waals surface area contributed by atoms with Crippen LogP contribution in [0.3, 0.4) is 0 Å². The third kappa shape index (κ3) is 2.00. The van der Waals surface area contributed by atoms with Gasteiger partial charge in [-0.2, -0.15) is 0 Å². The average molecular weight is 275 g/mol. The van der Waals surface area contributed by atoms with Crippen LogP contribution >= 0.6 is 0 Å². The zero-order valence-electron chi connectivity index (χ0n) is 10.5. The van der Waals surface area contributed by atoms with E-state index in [0.29, 0.717) is 5.56 Å². The van der Waals surface area contributed by atoms with Crippen molar-refractivity contribution < 1.29 is 13.2 Å². The van der Waals surface area contributed by atoms with Gasteiger partial charge in [-0.25, -0.2) is 8.42 Å². The molecule has 0 unspecified atom stereocenters.